The van der Waals surface area contributed by atoms with E-state index in [0.29, 0.717) is 17.9 Å². The standard InChI is InChI=1S/C12H18N4O2/c1-12(2,11(18)14-3)7-16-10-8(9(13)17)5-4-6-15-10/h4-6H,7H2,1-3H3,(H2,13,17)(H,14,18)(H,15,16). The number of pyridine rings is 1. The molecule has 6 nitrogen and oxygen atoms in total. The van der Waals surface area contributed by atoms with Crippen LogP contribution in [-0.4, -0.2) is 30.4 Å². The number of aromatic nitrogens is 1. The Morgan fingerprint density at radius 3 is 2.67 bits per heavy atom. The lowest BCUT2D eigenvalue weighted by Gasteiger charge is -2.23. The van der Waals surface area contributed by atoms with E-state index in [1.54, 1.807) is 39.2 Å². The number of nitrogens with two attached hydrogens (primary N) is 1. The summed E-state index contributed by atoms with van der Waals surface area (Å²) in [5, 5.41) is 5.57. The Labute approximate surface area is 106 Å². The quantitative estimate of drug-likeness (QED) is 0.703. The van der Waals surface area contributed by atoms with Gasteiger partial charge in [0.1, 0.15) is 5.82 Å². The number of carbonyl (C=O) groups is 2. The van der Waals surface area contributed by atoms with Crippen molar-refractivity contribution < 1.29 is 9.59 Å². The molecule has 0 spiro atoms. The second-order valence-electron chi connectivity index (χ2n) is 4.58. The first-order chi connectivity index (χ1) is 8.38. The van der Waals surface area contributed by atoms with Crippen molar-refractivity contribution in [2.75, 3.05) is 18.9 Å². The number of primary amides is 1. The lowest BCUT2D eigenvalue weighted by Crippen LogP contribution is -2.39. The number of anilines is 1. The van der Waals surface area contributed by atoms with Crippen LogP contribution in [-0.2, 0) is 4.79 Å². The molecule has 0 unspecified atom stereocenters. The Hall–Kier alpha value is -2.11. The van der Waals surface area contributed by atoms with Gasteiger partial charge in [-0.25, -0.2) is 4.98 Å². The van der Waals surface area contributed by atoms with Gasteiger partial charge in [-0.05, 0) is 26.0 Å². The van der Waals surface area contributed by atoms with Crippen LogP contribution in [0.5, 0.6) is 0 Å². The van der Waals surface area contributed by atoms with Crippen LogP contribution in [0.2, 0.25) is 0 Å². The Balaban J connectivity index is 2.81. The summed E-state index contributed by atoms with van der Waals surface area (Å²) in [7, 11) is 1.58. The van der Waals surface area contributed by atoms with Crippen molar-refractivity contribution in [3.05, 3.63) is 23.9 Å². The summed E-state index contributed by atoms with van der Waals surface area (Å²) >= 11 is 0. The first kappa shape index (κ1) is 14.0. The predicted molar refractivity (Wildman–Crippen MR) is 69.1 cm³/mol. The molecular formula is C12H18N4O2. The Morgan fingerprint density at radius 2 is 2.11 bits per heavy atom. The molecule has 0 aliphatic rings. The number of nitrogens with one attached hydrogen (secondary N) is 2. The fourth-order valence-electron chi connectivity index (χ4n) is 1.47. The van der Waals surface area contributed by atoms with Crippen molar-refractivity contribution >= 4 is 17.6 Å². The Bertz CT molecular complexity index is 457. The zero-order valence-corrected chi connectivity index (χ0v) is 10.8. The molecule has 0 aliphatic carbocycles. The van der Waals surface area contributed by atoms with E-state index in [-0.39, 0.29) is 5.91 Å². The molecule has 98 valence electrons. The third kappa shape index (κ3) is 3.19. The zero-order valence-electron chi connectivity index (χ0n) is 10.8. The molecule has 2 amide bonds. The molecule has 0 bridgehead atoms. The third-order valence-corrected chi connectivity index (χ3v) is 2.61. The highest BCUT2D eigenvalue weighted by Crippen LogP contribution is 2.18. The van der Waals surface area contributed by atoms with Crippen molar-refractivity contribution in [3.8, 4) is 0 Å². The monoisotopic (exact) mass is 250 g/mol. The van der Waals surface area contributed by atoms with Gasteiger partial charge in [-0.15, -0.1) is 0 Å². The van der Waals surface area contributed by atoms with E-state index in [0.717, 1.165) is 0 Å². The number of hydrogen-bond donors (Lipinski definition) is 3. The van der Waals surface area contributed by atoms with E-state index < -0.39 is 11.3 Å². The van der Waals surface area contributed by atoms with Gasteiger partial charge in [-0.1, -0.05) is 0 Å². The highest BCUT2D eigenvalue weighted by molar-refractivity contribution is 5.97. The van der Waals surface area contributed by atoms with Gasteiger partial charge in [0.15, 0.2) is 0 Å². The Kier molecular flexibility index (Phi) is 4.25. The first-order valence-electron chi connectivity index (χ1n) is 5.59. The van der Waals surface area contributed by atoms with Gasteiger partial charge in [0.25, 0.3) is 5.91 Å². The second-order valence-corrected chi connectivity index (χ2v) is 4.58. The van der Waals surface area contributed by atoms with Crippen molar-refractivity contribution in [1.82, 2.24) is 10.3 Å². The molecule has 6 heteroatoms. The maximum atomic E-state index is 11.6. The fourth-order valence-corrected chi connectivity index (χ4v) is 1.47. The van der Waals surface area contributed by atoms with Crippen LogP contribution in [0.4, 0.5) is 5.82 Å². The lowest BCUT2D eigenvalue weighted by atomic mass is 9.92. The van der Waals surface area contributed by atoms with Crippen molar-refractivity contribution in [3.63, 3.8) is 0 Å². The van der Waals surface area contributed by atoms with Crippen LogP contribution >= 0.6 is 0 Å². The Morgan fingerprint density at radius 1 is 1.44 bits per heavy atom. The summed E-state index contributed by atoms with van der Waals surface area (Å²) in [4.78, 5) is 26.9. The molecule has 0 atom stereocenters. The van der Waals surface area contributed by atoms with Gasteiger partial charge in [0, 0.05) is 19.8 Å². The average molecular weight is 250 g/mol. The fraction of sp³-hybridized carbons (Fsp3) is 0.417. The van der Waals surface area contributed by atoms with Gasteiger partial charge in [-0.2, -0.15) is 0 Å². The number of rotatable bonds is 5. The molecule has 0 aromatic carbocycles. The van der Waals surface area contributed by atoms with Crippen LogP contribution in [0, 0.1) is 5.41 Å². The van der Waals surface area contributed by atoms with Crippen LogP contribution in [0.25, 0.3) is 0 Å². The molecule has 1 heterocycles. The van der Waals surface area contributed by atoms with Crippen LogP contribution in [0.15, 0.2) is 18.3 Å². The molecule has 0 fully saturated rings. The maximum Gasteiger partial charge on any atom is 0.252 e. The number of amides is 2. The average Bonchev–Trinajstić information content (AvgIpc) is 2.35. The van der Waals surface area contributed by atoms with Gasteiger partial charge in [0.2, 0.25) is 5.91 Å². The third-order valence-electron chi connectivity index (χ3n) is 2.61. The summed E-state index contributed by atoms with van der Waals surface area (Å²) < 4.78 is 0. The minimum atomic E-state index is -0.610. The van der Waals surface area contributed by atoms with E-state index in [1.807, 2.05) is 0 Å². The lowest BCUT2D eigenvalue weighted by molar-refractivity contribution is -0.128. The molecule has 0 radical (unpaired) electrons. The molecule has 0 saturated heterocycles. The van der Waals surface area contributed by atoms with Crippen molar-refractivity contribution in [2.45, 2.75) is 13.8 Å². The maximum absolute atomic E-state index is 11.6. The van der Waals surface area contributed by atoms with Crippen molar-refractivity contribution in [1.29, 1.82) is 0 Å². The highest BCUT2D eigenvalue weighted by atomic mass is 16.2. The SMILES string of the molecule is CNC(=O)C(C)(C)CNc1ncccc1C(N)=O. The summed E-state index contributed by atoms with van der Waals surface area (Å²) in [5.74, 6) is -0.253. The largest absolute Gasteiger partial charge is 0.368 e. The molecule has 1 aromatic rings. The minimum absolute atomic E-state index is 0.0912. The van der Waals surface area contributed by atoms with Crippen LogP contribution in [0.1, 0.15) is 24.2 Å². The second kappa shape index (κ2) is 5.48. The van der Waals surface area contributed by atoms with E-state index in [4.69, 9.17) is 5.73 Å². The molecular weight excluding hydrogens is 232 g/mol. The summed E-state index contributed by atoms with van der Waals surface area (Å²) in [6.45, 7) is 3.95. The normalized spacial score (nSPS) is 10.8. The highest BCUT2D eigenvalue weighted by Gasteiger charge is 2.26. The molecule has 1 rings (SSSR count). The smallest absolute Gasteiger partial charge is 0.252 e. The van der Waals surface area contributed by atoms with E-state index in [2.05, 4.69) is 15.6 Å². The zero-order chi connectivity index (χ0) is 13.8. The van der Waals surface area contributed by atoms with Gasteiger partial charge in [0.05, 0.1) is 11.0 Å². The number of hydrogen-bond acceptors (Lipinski definition) is 4. The van der Waals surface area contributed by atoms with Crippen LogP contribution < -0.4 is 16.4 Å². The first-order valence-corrected chi connectivity index (χ1v) is 5.59. The summed E-state index contributed by atoms with van der Waals surface area (Å²) in [6.07, 6.45) is 1.56. The number of nitrogens with zero attached hydrogens (tertiary/aromatic N) is 1. The molecule has 1 aromatic heterocycles. The van der Waals surface area contributed by atoms with Crippen molar-refractivity contribution in [2.24, 2.45) is 11.1 Å². The number of carbonyl (C=O) groups excluding carboxylic acids is 2. The van der Waals surface area contributed by atoms with E-state index in [9.17, 15) is 9.59 Å². The van der Waals surface area contributed by atoms with Gasteiger partial charge in [-0.3, -0.25) is 9.59 Å². The van der Waals surface area contributed by atoms with Gasteiger partial charge < -0.3 is 16.4 Å². The molecule has 0 saturated carbocycles. The predicted octanol–water partition coefficient (Wildman–Crippen LogP) is 0.365. The molecule has 0 aliphatic heterocycles. The molecule has 18 heavy (non-hydrogen) atoms. The van der Waals surface area contributed by atoms with Crippen LogP contribution in [0.3, 0.4) is 0 Å². The summed E-state index contributed by atoms with van der Waals surface area (Å²) in [5.41, 5.74) is 4.94. The minimum Gasteiger partial charge on any atom is -0.368 e. The topological polar surface area (TPSA) is 97.1 Å². The van der Waals surface area contributed by atoms with Gasteiger partial charge >= 0.3 is 0 Å². The summed E-state index contributed by atoms with van der Waals surface area (Å²) in [6, 6.07) is 3.22. The molecule has 4 N–H and O–H groups in total. The van der Waals surface area contributed by atoms with E-state index >= 15 is 0 Å². The van der Waals surface area contributed by atoms with E-state index in [1.165, 1.54) is 0 Å².